The van der Waals surface area contributed by atoms with Gasteiger partial charge in [0.15, 0.2) is 0 Å². The lowest BCUT2D eigenvalue weighted by molar-refractivity contribution is 0.426. The maximum absolute atomic E-state index is 14.1. The fourth-order valence-corrected chi connectivity index (χ4v) is 2.42. The molecule has 0 spiro atoms. The normalized spacial score (nSPS) is 12.7. The second kappa shape index (κ2) is 6.07. The van der Waals surface area contributed by atoms with E-state index in [9.17, 15) is 4.39 Å². The molecule has 2 nitrogen and oxygen atoms in total. The average molecular weight is 347 g/mol. The molecule has 2 rings (SSSR count). The lowest BCUT2D eigenvalue weighted by atomic mass is 10.0. The van der Waals surface area contributed by atoms with Gasteiger partial charge in [-0.05, 0) is 53.7 Å². The highest BCUT2D eigenvalue weighted by Gasteiger charge is 2.21. The van der Waals surface area contributed by atoms with E-state index in [1.165, 1.54) is 6.07 Å². The summed E-state index contributed by atoms with van der Waals surface area (Å²) in [4.78, 5) is 0. The van der Waals surface area contributed by atoms with Gasteiger partial charge in [0.05, 0.1) is 11.1 Å². The molecule has 0 saturated carbocycles. The summed E-state index contributed by atoms with van der Waals surface area (Å²) in [5.41, 5.74) is 0.476. The molecule has 0 fully saturated rings. The molecular weight excluding hydrogens is 333 g/mol. The van der Waals surface area contributed by atoms with Crippen LogP contribution in [0.25, 0.3) is 0 Å². The number of halogens is 3. The van der Waals surface area contributed by atoms with Crippen LogP contribution in [0.15, 0.2) is 33.2 Å². The summed E-state index contributed by atoms with van der Waals surface area (Å²) in [5, 5.41) is 3.68. The van der Waals surface area contributed by atoms with Crippen LogP contribution < -0.4 is 5.32 Å². The zero-order chi connectivity index (χ0) is 14.0. The van der Waals surface area contributed by atoms with Crippen molar-refractivity contribution >= 4 is 27.5 Å². The van der Waals surface area contributed by atoms with Gasteiger partial charge < -0.3 is 9.73 Å². The minimum Gasteiger partial charge on any atom is -0.464 e. The molecule has 1 N–H and O–H groups in total. The summed E-state index contributed by atoms with van der Waals surface area (Å²) in [6, 6.07) is 6.35. The number of rotatable bonds is 4. The maximum atomic E-state index is 14.1. The highest BCUT2D eigenvalue weighted by molar-refractivity contribution is 9.10. The number of hydrogen-bond donors (Lipinski definition) is 1. The van der Waals surface area contributed by atoms with Crippen molar-refractivity contribution in [1.29, 1.82) is 0 Å². The van der Waals surface area contributed by atoms with Crippen LogP contribution in [-0.2, 0) is 0 Å². The highest BCUT2D eigenvalue weighted by Crippen LogP contribution is 2.32. The first-order valence-electron chi connectivity index (χ1n) is 5.97. The molecule has 2 aromatic rings. The van der Waals surface area contributed by atoms with Gasteiger partial charge in [0, 0.05) is 10.0 Å². The van der Waals surface area contributed by atoms with E-state index in [4.69, 9.17) is 16.0 Å². The van der Waals surface area contributed by atoms with Gasteiger partial charge in [-0.25, -0.2) is 4.39 Å². The van der Waals surface area contributed by atoms with Crippen molar-refractivity contribution < 1.29 is 8.81 Å². The molecule has 0 aliphatic rings. The molecule has 1 heterocycles. The summed E-state index contributed by atoms with van der Waals surface area (Å²) in [6.07, 6.45) is 0. The highest BCUT2D eigenvalue weighted by atomic mass is 79.9. The Bertz CT molecular complexity index is 585. The molecule has 0 radical (unpaired) electrons. The molecule has 0 aliphatic carbocycles. The molecule has 0 aliphatic heterocycles. The monoisotopic (exact) mass is 345 g/mol. The lowest BCUT2D eigenvalue weighted by Crippen LogP contribution is -2.22. The van der Waals surface area contributed by atoms with E-state index < -0.39 is 0 Å². The quantitative estimate of drug-likeness (QED) is 0.801. The summed E-state index contributed by atoms with van der Waals surface area (Å²) in [6.45, 7) is 4.51. The van der Waals surface area contributed by atoms with Gasteiger partial charge in [-0.2, -0.15) is 0 Å². The molecule has 5 heteroatoms. The third-order valence-electron chi connectivity index (χ3n) is 2.80. The predicted octanol–water partition coefficient (Wildman–Crippen LogP) is 4.84. The SMILES string of the molecule is CCNC(c1ccc(C)o1)c1cc(Cl)c(Br)cc1F. The molecule has 1 unspecified atom stereocenters. The van der Waals surface area contributed by atoms with Gasteiger partial charge in [0.1, 0.15) is 17.3 Å². The second-order valence-corrected chi connectivity index (χ2v) is 5.49. The Morgan fingerprint density at radius 2 is 2.16 bits per heavy atom. The van der Waals surface area contributed by atoms with Gasteiger partial charge in [-0.1, -0.05) is 18.5 Å². The summed E-state index contributed by atoms with van der Waals surface area (Å²) < 4.78 is 20.3. The molecule has 0 bridgehead atoms. The number of benzene rings is 1. The average Bonchev–Trinajstić information content (AvgIpc) is 2.78. The molecule has 19 heavy (non-hydrogen) atoms. The fourth-order valence-electron chi connectivity index (χ4n) is 1.94. The molecule has 0 saturated heterocycles. The minimum absolute atomic E-state index is 0.323. The van der Waals surface area contributed by atoms with Crippen LogP contribution in [0.2, 0.25) is 5.02 Å². The number of aryl methyl sites for hydroxylation is 1. The summed E-state index contributed by atoms with van der Waals surface area (Å²) >= 11 is 9.26. The molecule has 102 valence electrons. The van der Waals surface area contributed by atoms with E-state index in [-0.39, 0.29) is 11.9 Å². The van der Waals surface area contributed by atoms with Crippen LogP contribution in [0.1, 0.15) is 30.0 Å². The first kappa shape index (κ1) is 14.6. The zero-order valence-corrected chi connectivity index (χ0v) is 13.0. The van der Waals surface area contributed by atoms with Crippen LogP contribution >= 0.6 is 27.5 Å². The van der Waals surface area contributed by atoms with Gasteiger partial charge in [0.25, 0.3) is 0 Å². The standard InChI is InChI=1S/C14H14BrClFNO/c1-3-18-14(13-5-4-8(2)19-13)9-6-11(16)10(15)7-12(9)17/h4-7,14,18H,3H2,1-2H3. The Morgan fingerprint density at radius 3 is 2.74 bits per heavy atom. The first-order chi connectivity index (χ1) is 9.02. The predicted molar refractivity (Wildman–Crippen MR) is 78.1 cm³/mol. The zero-order valence-electron chi connectivity index (χ0n) is 10.6. The van der Waals surface area contributed by atoms with Gasteiger partial charge in [-0.15, -0.1) is 0 Å². The maximum Gasteiger partial charge on any atom is 0.129 e. The third-order valence-corrected chi connectivity index (χ3v) is 4.00. The topological polar surface area (TPSA) is 25.2 Å². The van der Waals surface area contributed by atoms with E-state index in [1.807, 2.05) is 26.0 Å². The van der Waals surface area contributed by atoms with Crippen LogP contribution in [0.4, 0.5) is 4.39 Å². The van der Waals surface area contributed by atoms with E-state index in [0.717, 1.165) is 5.76 Å². The van der Waals surface area contributed by atoms with Crippen molar-refractivity contribution in [1.82, 2.24) is 5.32 Å². The van der Waals surface area contributed by atoms with Crippen LogP contribution in [0, 0.1) is 12.7 Å². The largest absolute Gasteiger partial charge is 0.464 e. The Hall–Kier alpha value is -0.840. The van der Waals surface area contributed by atoms with E-state index in [1.54, 1.807) is 6.07 Å². The van der Waals surface area contributed by atoms with Crippen molar-refractivity contribution in [2.75, 3.05) is 6.54 Å². The van der Waals surface area contributed by atoms with Gasteiger partial charge >= 0.3 is 0 Å². The lowest BCUT2D eigenvalue weighted by Gasteiger charge is -2.17. The molecule has 1 aromatic carbocycles. The van der Waals surface area contributed by atoms with E-state index >= 15 is 0 Å². The number of furan rings is 1. The Labute approximate surface area is 125 Å². The van der Waals surface area contributed by atoms with Crippen LogP contribution in [0.5, 0.6) is 0 Å². The van der Waals surface area contributed by atoms with Crippen molar-refractivity contribution in [3.05, 3.63) is 56.7 Å². The van der Waals surface area contributed by atoms with Gasteiger partial charge in [0.2, 0.25) is 0 Å². The van der Waals surface area contributed by atoms with Crippen LogP contribution in [-0.4, -0.2) is 6.54 Å². The smallest absolute Gasteiger partial charge is 0.129 e. The van der Waals surface area contributed by atoms with Crippen LogP contribution in [0.3, 0.4) is 0 Å². The Balaban J connectivity index is 2.47. The Morgan fingerprint density at radius 1 is 1.42 bits per heavy atom. The van der Waals surface area contributed by atoms with Crippen molar-refractivity contribution in [3.8, 4) is 0 Å². The number of hydrogen-bond acceptors (Lipinski definition) is 2. The van der Waals surface area contributed by atoms with Gasteiger partial charge in [-0.3, -0.25) is 0 Å². The van der Waals surface area contributed by atoms with E-state index in [2.05, 4.69) is 21.2 Å². The fraction of sp³-hybridized carbons (Fsp3) is 0.286. The molecular formula is C14H14BrClFNO. The van der Waals surface area contributed by atoms with Crippen molar-refractivity contribution in [2.24, 2.45) is 0 Å². The first-order valence-corrected chi connectivity index (χ1v) is 7.14. The molecule has 0 amide bonds. The Kier molecular flexibility index (Phi) is 4.66. The second-order valence-electron chi connectivity index (χ2n) is 4.23. The van der Waals surface area contributed by atoms with E-state index in [0.29, 0.717) is 27.4 Å². The minimum atomic E-state index is -0.343. The number of nitrogens with one attached hydrogen (secondary N) is 1. The third kappa shape index (κ3) is 3.19. The molecule has 1 atom stereocenters. The molecule has 1 aromatic heterocycles. The van der Waals surface area contributed by atoms with Crippen molar-refractivity contribution in [2.45, 2.75) is 19.9 Å². The summed E-state index contributed by atoms with van der Waals surface area (Å²) in [5.74, 6) is 1.15. The summed E-state index contributed by atoms with van der Waals surface area (Å²) in [7, 11) is 0. The van der Waals surface area contributed by atoms with Crippen molar-refractivity contribution in [3.63, 3.8) is 0 Å².